The minimum Gasteiger partial charge on any atom is -0.478 e. The number of aromatic carboxylic acids is 1. The van der Waals surface area contributed by atoms with Gasteiger partial charge in [0.05, 0.1) is 5.56 Å². The van der Waals surface area contributed by atoms with Crippen LogP contribution in [0.25, 0.3) is 0 Å². The molecule has 1 fully saturated rings. The van der Waals surface area contributed by atoms with Gasteiger partial charge in [-0.05, 0) is 30.0 Å². The van der Waals surface area contributed by atoms with E-state index in [9.17, 15) is 9.59 Å². The second-order valence-electron chi connectivity index (χ2n) is 3.94. The molecule has 3 N–H and O–H groups in total. The van der Waals surface area contributed by atoms with Crippen LogP contribution >= 0.6 is 23.1 Å². The van der Waals surface area contributed by atoms with Crippen LogP contribution in [0.15, 0.2) is 11.4 Å². The number of thioether (sulfide) groups is 1. The molecular formula is C11H14N2O3S2. The Balaban J connectivity index is 1.82. The molecule has 18 heavy (non-hydrogen) atoms. The van der Waals surface area contributed by atoms with Crippen molar-refractivity contribution in [2.45, 2.75) is 18.1 Å². The molecule has 1 aromatic rings. The largest absolute Gasteiger partial charge is 0.478 e. The van der Waals surface area contributed by atoms with Crippen molar-refractivity contribution in [1.29, 1.82) is 0 Å². The maximum atomic E-state index is 11.6. The Morgan fingerprint density at radius 1 is 1.50 bits per heavy atom. The summed E-state index contributed by atoms with van der Waals surface area (Å²) in [4.78, 5) is 22.5. The van der Waals surface area contributed by atoms with Crippen molar-refractivity contribution >= 4 is 40.1 Å². The molecule has 2 heterocycles. The van der Waals surface area contributed by atoms with E-state index in [1.54, 1.807) is 5.38 Å². The molecular weight excluding hydrogens is 272 g/mol. The number of carbonyl (C=O) groups excluding carboxylic acids is 1. The highest BCUT2D eigenvalue weighted by molar-refractivity contribution is 8.00. The Bertz CT molecular complexity index is 441. The summed E-state index contributed by atoms with van der Waals surface area (Å²) in [6.45, 7) is 0.629. The summed E-state index contributed by atoms with van der Waals surface area (Å²) >= 11 is 3.07. The molecule has 2 rings (SSSR count). The summed E-state index contributed by atoms with van der Waals surface area (Å²) in [5.74, 6) is 0.125. The van der Waals surface area contributed by atoms with Gasteiger partial charge in [-0.2, -0.15) is 11.8 Å². The smallest absolute Gasteiger partial charge is 0.338 e. The van der Waals surface area contributed by atoms with E-state index < -0.39 is 5.97 Å². The second kappa shape index (κ2) is 6.10. The van der Waals surface area contributed by atoms with Gasteiger partial charge in [-0.25, -0.2) is 9.59 Å². The van der Waals surface area contributed by atoms with Gasteiger partial charge in [-0.3, -0.25) is 5.32 Å². The zero-order valence-electron chi connectivity index (χ0n) is 9.64. The second-order valence-corrected chi connectivity index (χ2v) is 6.26. The third-order valence-electron chi connectivity index (χ3n) is 2.64. The molecule has 1 atom stereocenters. The predicted molar refractivity (Wildman–Crippen MR) is 73.8 cm³/mol. The van der Waals surface area contributed by atoms with Crippen molar-refractivity contribution in [2.75, 3.05) is 17.6 Å². The van der Waals surface area contributed by atoms with E-state index in [2.05, 4.69) is 10.6 Å². The average molecular weight is 286 g/mol. The molecule has 1 saturated heterocycles. The lowest BCUT2D eigenvalue weighted by Crippen LogP contribution is -2.33. The first-order valence-electron chi connectivity index (χ1n) is 5.64. The number of hydrogen-bond acceptors (Lipinski definition) is 4. The summed E-state index contributed by atoms with van der Waals surface area (Å²) in [6.07, 6.45) is 2.33. The van der Waals surface area contributed by atoms with E-state index in [0.717, 1.165) is 12.2 Å². The minimum absolute atomic E-state index is 0.130. The SMILES string of the molecule is O=C(NCC1CCCS1)Nc1sccc1C(=O)O. The standard InChI is InChI=1S/C11H14N2O3S2/c14-10(15)8-3-5-18-9(8)13-11(16)12-6-7-2-1-4-17-7/h3,5,7H,1-2,4,6H2,(H,14,15)(H2,12,13,16). The molecule has 2 amide bonds. The van der Waals surface area contributed by atoms with Crippen LogP contribution in [0.5, 0.6) is 0 Å². The van der Waals surface area contributed by atoms with Crippen LogP contribution in [0.2, 0.25) is 0 Å². The maximum absolute atomic E-state index is 11.6. The highest BCUT2D eigenvalue weighted by Crippen LogP contribution is 2.25. The number of anilines is 1. The maximum Gasteiger partial charge on any atom is 0.338 e. The number of carboxylic acids is 1. The van der Waals surface area contributed by atoms with Crippen molar-refractivity contribution in [3.05, 3.63) is 17.0 Å². The van der Waals surface area contributed by atoms with E-state index in [1.807, 2.05) is 11.8 Å². The quantitative estimate of drug-likeness (QED) is 0.794. The molecule has 1 aliphatic heterocycles. The summed E-state index contributed by atoms with van der Waals surface area (Å²) in [5.41, 5.74) is 0.130. The van der Waals surface area contributed by atoms with Gasteiger partial charge in [0.25, 0.3) is 0 Å². The summed E-state index contributed by atoms with van der Waals surface area (Å²) < 4.78 is 0. The van der Waals surface area contributed by atoms with Crippen LogP contribution < -0.4 is 10.6 Å². The topological polar surface area (TPSA) is 78.4 Å². The Kier molecular flexibility index (Phi) is 4.48. The number of hydrogen-bond donors (Lipinski definition) is 3. The predicted octanol–water partition coefficient (Wildman–Crippen LogP) is 2.46. The van der Waals surface area contributed by atoms with Gasteiger partial charge in [0.2, 0.25) is 0 Å². The fourth-order valence-electron chi connectivity index (χ4n) is 1.73. The summed E-state index contributed by atoms with van der Waals surface area (Å²) in [5, 5.41) is 16.8. The zero-order chi connectivity index (χ0) is 13.0. The van der Waals surface area contributed by atoms with Gasteiger partial charge < -0.3 is 10.4 Å². The van der Waals surface area contributed by atoms with Crippen molar-refractivity contribution in [3.8, 4) is 0 Å². The van der Waals surface area contributed by atoms with Crippen molar-refractivity contribution < 1.29 is 14.7 Å². The van der Waals surface area contributed by atoms with Crippen molar-refractivity contribution in [1.82, 2.24) is 5.32 Å². The number of carboxylic acid groups (broad SMARTS) is 1. The zero-order valence-corrected chi connectivity index (χ0v) is 11.3. The van der Waals surface area contributed by atoms with Gasteiger partial charge in [0, 0.05) is 11.8 Å². The van der Waals surface area contributed by atoms with Crippen LogP contribution in [0, 0.1) is 0 Å². The van der Waals surface area contributed by atoms with Gasteiger partial charge >= 0.3 is 12.0 Å². The molecule has 0 spiro atoms. The Morgan fingerprint density at radius 3 is 3.00 bits per heavy atom. The number of thiophene rings is 1. The fourth-order valence-corrected chi connectivity index (χ4v) is 3.71. The van der Waals surface area contributed by atoms with Gasteiger partial charge in [-0.15, -0.1) is 11.3 Å². The molecule has 0 bridgehead atoms. The molecule has 0 saturated carbocycles. The lowest BCUT2D eigenvalue weighted by molar-refractivity contribution is 0.0698. The van der Waals surface area contributed by atoms with Crippen molar-refractivity contribution in [3.63, 3.8) is 0 Å². The third-order valence-corrected chi connectivity index (χ3v) is 4.86. The first kappa shape index (κ1) is 13.2. The van der Waals surface area contributed by atoms with E-state index >= 15 is 0 Å². The van der Waals surface area contributed by atoms with Crippen LogP contribution in [0.4, 0.5) is 9.80 Å². The molecule has 1 aromatic heterocycles. The molecule has 7 heteroatoms. The fraction of sp³-hybridized carbons (Fsp3) is 0.455. The van der Waals surface area contributed by atoms with Crippen molar-refractivity contribution in [2.24, 2.45) is 0 Å². The Morgan fingerprint density at radius 2 is 2.33 bits per heavy atom. The molecule has 1 unspecified atom stereocenters. The lowest BCUT2D eigenvalue weighted by atomic mass is 10.2. The minimum atomic E-state index is -1.03. The van der Waals surface area contributed by atoms with Gasteiger partial charge in [-0.1, -0.05) is 0 Å². The number of rotatable bonds is 4. The lowest BCUT2D eigenvalue weighted by Gasteiger charge is -2.10. The summed E-state index contributed by atoms with van der Waals surface area (Å²) in [7, 11) is 0. The average Bonchev–Trinajstić information content (AvgIpc) is 2.96. The molecule has 1 aliphatic rings. The molecule has 0 radical (unpaired) electrons. The highest BCUT2D eigenvalue weighted by Gasteiger charge is 2.17. The van der Waals surface area contributed by atoms with E-state index in [1.165, 1.54) is 23.8 Å². The first-order valence-corrected chi connectivity index (χ1v) is 7.57. The van der Waals surface area contributed by atoms with Crippen LogP contribution in [0.1, 0.15) is 23.2 Å². The third kappa shape index (κ3) is 3.39. The normalized spacial score (nSPS) is 18.6. The van der Waals surface area contributed by atoms with E-state index in [0.29, 0.717) is 16.8 Å². The van der Waals surface area contributed by atoms with Gasteiger partial charge in [0.1, 0.15) is 5.00 Å². The van der Waals surface area contributed by atoms with E-state index in [-0.39, 0.29) is 11.6 Å². The monoisotopic (exact) mass is 286 g/mol. The molecule has 5 nitrogen and oxygen atoms in total. The van der Waals surface area contributed by atoms with E-state index in [4.69, 9.17) is 5.11 Å². The Hall–Kier alpha value is -1.21. The summed E-state index contributed by atoms with van der Waals surface area (Å²) in [6, 6.07) is 1.14. The highest BCUT2D eigenvalue weighted by atomic mass is 32.2. The molecule has 0 aliphatic carbocycles. The number of amides is 2. The van der Waals surface area contributed by atoms with Crippen LogP contribution in [-0.4, -0.2) is 34.7 Å². The number of urea groups is 1. The molecule has 98 valence electrons. The first-order chi connectivity index (χ1) is 8.66. The number of nitrogens with one attached hydrogen (secondary N) is 2. The number of carbonyl (C=O) groups is 2. The Labute approximate surface area is 113 Å². The van der Waals surface area contributed by atoms with Crippen LogP contribution in [0.3, 0.4) is 0 Å². The van der Waals surface area contributed by atoms with Gasteiger partial charge in [0.15, 0.2) is 0 Å². The van der Waals surface area contributed by atoms with Crippen LogP contribution in [-0.2, 0) is 0 Å². The molecule has 0 aromatic carbocycles.